The van der Waals surface area contributed by atoms with E-state index >= 15 is 0 Å². The second-order valence-electron chi connectivity index (χ2n) is 4.34. The first kappa shape index (κ1) is 11.3. The van der Waals surface area contributed by atoms with Crippen molar-refractivity contribution >= 4 is 5.78 Å². The number of ketones is 1. The lowest BCUT2D eigenvalue weighted by atomic mass is 9.69. The average Bonchev–Trinajstić information content (AvgIpc) is 2.18. The topological polar surface area (TPSA) is 37.3 Å². The van der Waals surface area contributed by atoms with E-state index in [0.29, 0.717) is 0 Å². The number of aliphatic hydroxyl groups excluding tert-OH is 1. The van der Waals surface area contributed by atoms with Gasteiger partial charge in [0, 0.05) is 11.5 Å². The molecule has 0 aromatic carbocycles. The van der Waals surface area contributed by atoms with Crippen LogP contribution in [0.1, 0.15) is 52.4 Å². The lowest BCUT2D eigenvalue weighted by molar-refractivity contribution is -0.126. The molecule has 0 saturated heterocycles. The number of rotatable bonds is 3. The largest absolute Gasteiger partial charge is 0.512 e. The van der Waals surface area contributed by atoms with E-state index in [9.17, 15) is 4.79 Å². The summed E-state index contributed by atoms with van der Waals surface area (Å²) in [5.74, 6) is 0.257. The number of hydrogen-bond acceptors (Lipinski definition) is 2. The van der Waals surface area contributed by atoms with Crippen molar-refractivity contribution in [3.05, 3.63) is 11.8 Å². The molecule has 0 radical (unpaired) electrons. The molecule has 1 aliphatic carbocycles. The lowest BCUT2D eigenvalue weighted by Gasteiger charge is -2.34. The van der Waals surface area contributed by atoms with Crippen molar-refractivity contribution in [3.63, 3.8) is 0 Å². The summed E-state index contributed by atoms with van der Waals surface area (Å²) in [6.07, 6.45) is 7.83. The average molecular weight is 196 g/mol. The molecule has 1 aliphatic rings. The van der Waals surface area contributed by atoms with E-state index in [1.165, 1.54) is 12.5 Å². The molecule has 0 aromatic heterocycles. The molecular weight excluding hydrogens is 176 g/mol. The van der Waals surface area contributed by atoms with E-state index in [0.717, 1.165) is 32.1 Å². The van der Waals surface area contributed by atoms with Gasteiger partial charge in [-0.05, 0) is 26.2 Å². The van der Waals surface area contributed by atoms with Gasteiger partial charge < -0.3 is 5.11 Å². The highest BCUT2D eigenvalue weighted by Crippen LogP contribution is 2.40. The maximum absolute atomic E-state index is 11.9. The molecule has 0 heterocycles. The third-order valence-corrected chi connectivity index (χ3v) is 3.35. The summed E-state index contributed by atoms with van der Waals surface area (Å²) >= 11 is 0. The molecule has 14 heavy (non-hydrogen) atoms. The fourth-order valence-corrected chi connectivity index (χ4v) is 2.35. The monoisotopic (exact) mass is 196 g/mol. The summed E-state index contributed by atoms with van der Waals surface area (Å²) in [4.78, 5) is 11.9. The summed E-state index contributed by atoms with van der Waals surface area (Å²) < 4.78 is 0. The Balaban J connectivity index is 2.77. The highest BCUT2D eigenvalue weighted by atomic mass is 16.3. The van der Waals surface area contributed by atoms with Gasteiger partial charge in [0.25, 0.3) is 0 Å². The Hall–Kier alpha value is -0.790. The fourth-order valence-electron chi connectivity index (χ4n) is 2.35. The van der Waals surface area contributed by atoms with E-state index in [1.807, 2.05) is 0 Å². The van der Waals surface area contributed by atoms with Gasteiger partial charge in [0.05, 0.1) is 5.76 Å². The number of allylic oxidation sites excluding steroid dienone is 2. The highest BCUT2D eigenvalue weighted by Gasteiger charge is 2.36. The molecule has 80 valence electrons. The minimum Gasteiger partial charge on any atom is -0.512 e. The first-order valence-electron chi connectivity index (χ1n) is 5.52. The van der Waals surface area contributed by atoms with Gasteiger partial charge in [-0.2, -0.15) is 0 Å². The van der Waals surface area contributed by atoms with E-state index < -0.39 is 0 Å². The molecule has 1 rings (SSSR count). The molecule has 2 heteroatoms. The van der Waals surface area contributed by atoms with Gasteiger partial charge in [-0.25, -0.2) is 0 Å². The zero-order valence-electron chi connectivity index (χ0n) is 9.18. The lowest BCUT2D eigenvalue weighted by Crippen LogP contribution is -2.31. The number of aliphatic hydroxyl groups is 1. The maximum atomic E-state index is 11.9. The van der Waals surface area contributed by atoms with E-state index in [-0.39, 0.29) is 17.0 Å². The fraction of sp³-hybridized carbons (Fsp3) is 0.750. The SMILES string of the molecule is CCC1(C(=O)/C=C(/C)O)CCCCC1. The molecule has 0 amide bonds. The number of hydrogen-bond donors (Lipinski definition) is 1. The van der Waals surface area contributed by atoms with Gasteiger partial charge in [0.1, 0.15) is 0 Å². The van der Waals surface area contributed by atoms with E-state index in [4.69, 9.17) is 5.11 Å². The van der Waals surface area contributed by atoms with Crippen molar-refractivity contribution in [2.24, 2.45) is 5.41 Å². The Morgan fingerprint density at radius 1 is 1.36 bits per heavy atom. The molecule has 0 aromatic rings. The van der Waals surface area contributed by atoms with Gasteiger partial charge in [-0.3, -0.25) is 4.79 Å². The van der Waals surface area contributed by atoms with Crippen LogP contribution in [0.2, 0.25) is 0 Å². The first-order valence-corrected chi connectivity index (χ1v) is 5.52. The van der Waals surface area contributed by atoms with Crippen molar-refractivity contribution in [2.75, 3.05) is 0 Å². The zero-order chi connectivity index (χ0) is 10.6. The second-order valence-corrected chi connectivity index (χ2v) is 4.34. The molecule has 0 unspecified atom stereocenters. The van der Waals surface area contributed by atoms with Crippen LogP contribution in [0, 0.1) is 5.41 Å². The van der Waals surface area contributed by atoms with Gasteiger partial charge in [0.15, 0.2) is 5.78 Å². The highest BCUT2D eigenvalue weighted by molar-refractivity contribution is 5.95. The van der Waals surface area contributed by atoms with Crippen LogP contribution in [-0.4, -0.2) is 10.9 Å². The van der Waals surface area contributed by atoms with Gasteiger partial charge in [0.2, 0.25) is 0 Å². The van der Waals surface area contributed by atoms with E-state index in [1.54, 1.807) is 6.92 Å². The predicted octanol–water partition coefficient (Wildman–Crippen LogP) is 3.38. The van der Waals surface area contributed by atoms with Crippen molar-refractivity contribution in [1.82, 2.24) is 0 Å². The summed E-state index contributed by atoms with van der Waals surface area (Å²) in [5.41, 5.74) is -0.164. The van der Waals surface area contributed by atoms with Crippen LogP contribution in [0.15, 0.2) is 11.8 Å². The molecule has 1 saturated carbocycles. The van der Waals surface area contributed by atoms with Crippen molar-refractivity contribution < 1.29 is 9.90 Å². The molecule has 0 spiro atoms. The second kappa shape index (κ2) is 4.63. The van der Waals surface area contributed by atoms with Crippen molar-refractivity contribution in [2.45, 2.75) is 52.4 Å². The van der Waals surface area contributed by atoms with Crippen LogP contribution in [0.25, 0.3) is 0 Å². The van der Waals surface area contributed by atoms with Gasteiger partial charge >= 0.3 is 0 Å². The summed E-state index contributed by atoms with van der Waals surface area (Å²) in [5, 5.41) is 9.10. The van der Waals surface area contributed by atoms with Crippen LogP contribution in [-0.2, 0) is 4.79 Å². The van der Waals surface area contributed by atoms with Crippen LogP contribution < -0.4 is 0 Å². The third-order valence-electron chi connectivity index (χ3n) is 3.35. The summed E-state index contributed by atoms with van der Waals surface area (Å²) in [7, 11) is 0. The zero-order valence-corrected chi connectivity index (χ0v) is 9.18. The quantitative estimate of drug-likeness (QED) is 0.555. The van der Waals surface area contributed by atoms with Crippen LogP contribution in [0.4, 0.5) is 0 Å². The molecule has 0 atom stereocenters. The van der Waals surface area contributed by atoms with E-state index in [2.05, 4.69) is 6.92 Å². The van der Waals surface area contributed by atoms with Gasteiger partial charge in [-0.1, -0.05) is 26.2 Å². The Labute approximate surface area is 86.0 Å². The Kier molecular flexibility index (Phi) is 3.73. The number of carbonyl (C=O) groups is 1. The normalized spacial score (nSPS) is 22.0. The standard InChI is InChI=1S/C12H20O2/c1-3-12(7-5-4-6-8-12)11(14)9-10(2)13/h9,13H,3-8H2,1-2H3/b10-9-. The number of carbonyl (C=O) groups excluding carboxylic acids is 1. The molecule has 2 nitrogen and oxygen atoms in total. The molecule has 1 fully saturated rings. The van der Waals surface area contributed by atoms with Crippen LogP contribution >= 0.6 is 0 Å². The summed E-state index contributed by atoms with van der Waals surface area (Å²) in [6.45, 7) is 3.63. The molecule has 0 aliphatic heterocycles. The minimum atomic E-state index is -0.164. The molecular formula is C12H20O2. The third kappa shape index (κ3) is 2.37. The molecule has 0 bridgehead atoms. The van der Waals surface area contributed by atoms with Crippen LogP contribution in [0.5, 0.6) is 0 Å². The Morgan fingerprint density at radius 3 is 2.36 bits per heavy atom. The van der Waals surface area contributed by atoms with Gasteiger partial charge in [-0.15, -0.1) is 0 Å². The molecule has 1 N–H and O–H groups in total. The maximum Gasteiger partial charge on any atom is 0.165 e. The first-order chi connectivity index (χ1) is 6.60. The Morgan fingerprint density at radius 2 is 1.93 bits per heavy atom. The minimum absolute atomic E-state index is 0.125. The summed E-state index contributed by atoms with van der Waals surface area (Å²) in [6, 6.07) is 0. The van der Waals surface area contributed by atoms with Crippen molar-refractivity contribution in [3.8, 4) is 0 Å². The smallest absolute Gasteiger partial charge is 0.165 e. The van der Waals surface area contributed by atoms with Crippen LogP contribution in [0.3, 0.4) is 0 Å². The van der Waals surface area contributed by atoms with Crippen molar-refractivity contribution in [1.29, 1.82) is 0 Å². The predicted molar refractivity (Wildman–Crippen MR) is 57.2 cm³/mol. The Bertz CT molecular complexity index is 231.